The van der Waals surface area contributed by atoms with Crippen molar-refractivity contribution >= 4 is 28.9 Å². The minimum atomic E-state index is -0.285. The van der Waals surface area contributed by atoms with Crippen LogP contribution >= 0.6 is 0 Å². The van der Waals surface area contributed by atoms with Gasteiger partial charge in [-0.15, -0.1) is 0 Å². The van der Waals surface area contributed by atoms with Crippen LogP contribution in [-0.4, -0.2) is 62.6 Å². The Hall–Kier alpha value is -3.06. The van der Waals surface area contributed by atoms with Crippen molar-refractivity contribution < 1.29 is 14.3 Å². The number of carbonyl (C=O) groups excluding carboxylic acids is 2. The molecule has 0 aromatic heterocycles. The molecule has 7 heteroatoms. The second kappa shape index (κ2) is 8.13. The number of para-hydroxylation sites is 2. The van der Waals surface area contributed by atoms with Gasteiger partial charge in [0.1, 0.15) is 12.3 Å². The molecule has 0 bridgehead atoms. The lowest BCUT2D eigenvalue weighted by Gasteiger charge is -2.40. The number of amides is 2. The molecule has 1 N–H and O–H groups in total. The number of nitrogens with zero attached hydrogens (tertiary/aromatic N) is 3. The number of ether oxygens (including phenoxy) is 1. The maximum Gasteiger partial charge on any atom is 0.244 e. The lowest BCUT2D eigenvalue weighted by Crippen LogP contribution is -2.56. The van der Waals surface area contributed by atoms with E-state index >= 15 is 0 Å². The second-order valence-electron chi connectivity index (χ2n) is 7.39. The molecule has 0 spiro atoms. The van der Waals surface area contributed by atoms with Gasteiger partial charge >= 0.3 is 0 Å². The van der Waals surface area contributed by atoms with E-state index in [2.05, 4.69) is 27.2 Å². The first-order valence-electron chi connectivity index (χ1n) is 9.90. The molecular formula is C22H26N4O3. The van der Waals surface area contributed by atoms with Crippen molar-refractivity contribution in [2.24, 2.45) is 0 Å². The zero-order chi connectivity index (χ0) is 20.4. The molecule has 2 aromatic carbocycles. The van der Waals surface area contributed by atoms with E-state index in [0.717, 1.165) is 43.3 Å². The normalized spacial score (nSPS) is 18.1. The molecule has 29 heavy (non-hydrogen) atoms. The Bertz CT molecular complexity index is 891. The minimum absolute atomic E-state index is 0.0369. The molecule has 2 aliphatic heterocycles. The van der Waals surface area contributed by atoms with E-state index in [0.29, 0.717) is 5.69 Å². The van der Waals surface area contributed by atoms with Gasteiger partial charge in [0.15, 0.2) is 0 Å². The largest absolute Gasteiger partial charge is 0.497 e. The molecule has 0 unspecified atom stereocenters. The Morgan fingerprint density at radius 3 is 2.41 bits per heavy atom. The number of hydrogen-bond donors (Lipinski definition) is 1. The molecular weight excluding hydrogens is 368 g/mol. The summed E-state index contributed by atoms with van der Waals surface area (Å²) in [7, 11) is 1.66. The van der Waals surface area contributed by atoms with Crippen molar-refractivity contribution in [1.82, 2.24) is 4.90 Å². The fourth-order valence-electron chi connectivity index (χ4n) is 3.97. The molecule has 1 fully saturated rings. The third-order valence-electron chi connectivity index (χ3n) is 5.69. The van der Waals surface area contributed by atoms with E-state index in [1.807, 2.05) is 43.3 Å². The molecule has 2 aromatic rings. The number of carbonyl (C=O) groups is 2. The van der Waals surface area contributed by atoms with Gasteiger partial charge in [0, 0.05) is 31.9 Å². The number of rotatable bonds is 4. The highest BCUT2D eigenvalue weighted by Gasteiger charge is 2.33. The Morgan fingerprint density at radius 2 is 1.72 bits per heavy atom. The van der Waals surface area contributed by atoms with E-state index < -0.39 is 0 Å². The zero-order valence-electron chi connectivity index (χ0n) is 16.8. The fraction of sp³-hybridized carbons (Fsp3) is 0.364. The first-order valence-corrected chi connectivity index (χ1v) is 9.90. The van der Waals surface area contributed by atoms with Crippen LogP contribution in [0.5, 0.6) is 5.75 Å². The summed E-state index contributed by atoms with van der Waals surface area (Å²) in [6.07, 6.45) is 0. The standard InChI is InChI=1S/C22H26N4O3/c1-16(22(28)26-15-21(27)23-19-5-3-4-6-20(19)26)24-11-13-25(14-12-24)17-7-9-18(29-2)10-8-17/h3-10,16H,11-15H2,1-2H3,(H,23,27)/t16-/m0/s1. The molecule has 7 nitrogen and oxygen atoms in total. The maximum absolute atomic E-state index is 13.2. The monoisotopic (exact) mass is 394 g/mol. The van der Waals surface area contributed by atoms with Crippen LogP contribution in [0.1, 0.15) is 6.92 Å². The highest BCUT2D eigenvalue weighted by atomic mass is 16.5. The molecule has 2 aliphatic rings. The van der Waals surface area contributed by atoms with Crippen molar-refractivity contribution in [1.29, 1.82) is 0 Å². The van der Waals surface area contributed by atoms with Crippen LogP contribution < -0.4 is 19.9 Å². The van der Waals surface area contributed by atoms with Gasteiger partial charge in [-0.2, -0.15) is 0 Å². The second-order valence-corrected chi connectivity index (χ2v) is 7.39. The van der Waals surface area contributed by atoms with Crippen LogP contribution in [0, 0.1) is 0 Å². The summed E-state index contributed by atoms with van der Waals surface area (Å²) in [5.74, 6) is 0.649. The smallest absolute Gasteiger partial charge is 0.244 e. The molecule has 152 valence electrons. The first-order chi connectivity index (χ1) is 14.1. The van der Waals surface area contributed by atoms with E-state index in [-0.39, 0.29) is 24.4 Å². The van der Waals surface area contributed by atoms with Crippen molar-refractivity contribution in [2.75, 3.05) is 55.0 Å². The third kappa shape index (κ3) is 3.91. The van der Waals surface area contributed by atoms with Crippen molar-refractivity contribution in [3.8, 4) is 5.75 Å². The van der Waals surface area contributed by atoms with E-state index in [9.17, 15) is 9.59 Å². The van der Waals surface area contributed by atoms with Crippen LogP contribution in [-0.2, 0) is 9.59 Å². The summed E-state index contributed by atoms with van der Waals surface area (Å²) < 4.78 is 5.22. The van der Waals surface area contributed by atoms with Gasteiger partial charge in [0.05, 0.1) is 24.5 Å². The highest BCUT2D eigenvalue weighted by molar-refractivity contribution is 6.11. The van der Waals surface area contributed by atoms with Crippen LogP contribution in [0.4, 0.5) is 17.1 Å². The highest BCUT2D eigenvalue weighted by Crippen LogP contribution is 2.30. The molecule has 0 saturated carbocycles. The number of fused-ring (bicyclic) bond motifs is 1. The molecule has 1 saturated heterocycles. The van der Waals surface area contributed by atoms with Gasteiger partial charge < -0.3 is 15.0 Å². The molecule has 0 aliphatic carbocycles. The number of hydrogen-bond acceptors (Lipinski definition) is 5. The van der Waals surface area contributed by atoms with Crippen molar-refractivity contribution in [2.45, 2.75) is 13.0 Å². The topological polar surface area (TPSA) is 65.1 Å². The summed E-state index contributed by atoms with van der Waals surface area (Å²) in [4.78, 5) is 31.4. The Kier molecular flexibility index (Phi) is 5.40. The number of anilines is 3. The number of benzene rings is 2. The van der Waals surface area contributed by atoms with Crippen molar-refractivity contribution in [3.05, 3.63) is 48.5 Å². The van der Waals surface area contributed by atoms with E-state index in [1.54, 1.807) is 12.0 Å². The van der Waals surface area contributed by atoms with Gasteiger partial charge in [-0.25, -0.2) is 0 Å². The average Bonchev–Trinajstić information content (AvgIpc) is 2.77. The number of nitrogens with one attached hydrogen (secondary N) is 1. The quantitative estimate of drug-likeness (QED) is 0.861. The summed E-state index contributed by atoms with van der Waals surface area (Å²) in [6.45, 7) is 5.27. The zero-order valence-corrected chi connectivity index (χ0v) is 16.8. The summed E-state index contributed by atoms with van der Waals surface area (Å²) in [6, 6.07) is 15.2. The van der Waals surface area contributed by atoms with Crippen LogP contribution in [0.3, 0.4) is 0 Å². The Balaban J connectivity index is 1.41. The molecule has 4 rings (SSSR count). The van der Waals surface area contributed by atoms with Gasteiger partial charge in [0.2, 0.25) is 11.8 Å². The van der Waals surface area contributed by atoms with Crippen LogP contribution in [0.2, 0.25) is 0 Å². The summed E-state index contributed by atoms with van der Waals surface area (Å²) in [5.41, 5.74) is 2.61. The van der Waals surface area contributed by atoms with Gasteiger partial charge in [0.25, 0.3) is 0 Å². The lowest BCUT2D eigenvalue weighted by molar-refractivity contribution is -0.125. The molecule has 2 amide bonds. The third-order valence-corrected chi connectivity index (χ3v) is 5.69. The number of piperazine rings is 1. The predicted molar refractivity (Wildman–Crippen MR) is 114 cm³/mol. The summed E-state index contributed by atoms with van der Waals surface area (Å²) >= 11 is 0. The van der Waals surface area contributed by atoms with Gasteiger partial charge in [-0.05, 0) is 43.3 Å². The predicted octanol–water partition coefficient (Wildman–Crippen LogP) is 2.19. The van der Waals surface area contributed by atoms with Gasteiger partial charge in [-0.1, -0.05) is 12.1 Å². The van der Waals surface area contributed by atoms with Gasteiger partial charge in [-0.3, -0.25) is 19.4 Å². The maximum atomic E-state index is 13.2. The Morgan fingerprint density at radius 1 is 1.03 bits per heavy atom. The van der Waals surface area contributed by atoms with Crippen molar-refractivity contribution in [3.63, 3.8) is 0 Å². The molecule has 2 heterocycles. The van der Waals surface area contributed by atoms with Crippen LogP contribution in [0.25, 0.3) is 0 Å². The average molecular weight is 394 g/mol. The minimum Gasteiger partial charge on any atom is -0.497 e. The number of methoxy groups -OCH3 is 1. The van der Waals surface area contributed by atoms with E-state index in [1.165, 1.54) is 0 Å². The van der Waals surface area contributed by atoms with Crippen LogP contribution in [0.15, 0.2) is 48.5 Å². The fourth-order valence-corrected chi connectivity index (χ4v) is 3.97. The SMILES string of the molecule is COc1ccc(N2CCN([C@@H](C)C(=O)N3CC(=O)Nc4ccccc43)CC2)cc1. The first kappa shape index (κ1) is 19.3. The summed E-state index contributed by atoms with van der Waals surface area (Å²) in [5, 5.41) is 2.83. The molecule has 1 atom stereocenters. The van der Waals surface area contributed by atoms with E-state index in [4.69, 9.17) is 4.74 Å². The molecule has 0 radical (unpaired) electrons. The Labute approximate surface area is 170 Å². The lowest BCUT2D eigenvalue weighted by atomic mass is 10.1.